The van der Waals surface area contributed by atoms with Gasteiger partial charge in [0.15, 0.2) is 0 Å². The molecule has 0 aromatic carbocycles. The first-order valence-electron chi connectivity index (χ1n) is 6.58. The minimum Gasteiger partial charge on any atom is -0.377 e. The number of hydrogen-bond donors (Lipinski definition) is 1. The number of likely N-dealkylation sites (N-methyl/N-ethyl adjacent to an activating group) is 1. The Hall–Kier alpha value is -0.0800. The molecule has 15 heavy (non-hydrogen) atoms. The molecule has 0 aliphatic heterocycles. The fourth-order valence-electron chi connectivity index (χ4n) is 2.03. The van der Waals surface area contributed by atoms with Gasteiger partial charge in [-0.25, -0.2) is 0 Å². The van der Waals surface area contributed by atoms with Crippen molar-refractivity contribution in [2.24, 2.45) is 0 Å². The second-order valence-electron chi connectivity index (χ2n) is 4.17. The number of hydrogen-bond acceptors (Lipinski definition) is 2. The largest absolute Gasteiger partial charge is 0.377 e. The standard InChI is InChI=1S/C13H29NO/c1-5-8-9-11-12(14-4)13(10-6-2)15-7-3/h12-14H,5-11H2,1-4H3. The van der Waals surface area contributed by atoms with Gasteiger partial charge in [0.05, 0.1) is 6.10 Å². The summed E-state index contributed by atoms with van der Waals surface area (Å²) in [7, 11) is 2.05. The molecule has 0 saturated carbocycles. The fourth-order valence-corrected chi connectivity index (χ4v) is 2.03. The zero-order valence-electron chi connectivity index (χ0n) is 11.0. The Morgan fingerprint density at radius 1 is 1.00 bits per heavy atom. The van der Waals surface area contributed by atoms with Crippen molar-refractivity contribution in [3.05, 3.63) is 0 Å². The molecule has 0 aromatic rings. The van der Waals surface area contributed by atoms with E-state index in [4.69, 9.17) is 4.74 Å². The maximum absolute atomic E-state index is 5.80. The van der Waals surface area contributed by atoms with Gasteiger partial charge in [0.25, 0.3) is 0 Å². The average molecular weight is 215 g/mol. The second kappa shape index (κ2) is 10.4. The maximum atomic E-state index is 5.80. The molecule has 0 spiro atoms. The van der Waals surface area contributed by atoms with Crippen LogP contribution in [0.25, 0.3) is 0 Å². The van der Waals surface area contributed by atoms with Gasteiger partial charge < -0.3 is 10.1 Å². The Kier molecular flexibility index (Phi) is 10.4. The highest BCUT2D eigenvalue weighted by molar-refractivity contribution is 4.75. The van der Waals surface area contributed by atoms with Crippen LogP contribution >= 0.6 is 0 Å². The molecule has 0 aliphatic rings. The summed E-state index contributed by atoms with van der Waals surface area (Å²) in [6.07, 6.45) is 7.97. The van der Waals surface area contributed by atoms with E-state index < -0.39 is 0 Å². The van der Waals surface area contributed by atoms with Crippen LogP contribution in [0.4, 0.5) is 0 Å². The van der Waals surface area contributed by atoms with Gasteiger partial charge in [-0.15, -0.1) is 0 Å². The molecule has 0 saturated heterocycles. The van der Waals surface area contributed by atoms with Crippen molar-refractivity contribution in [3.63, 3.8) is 0 Å². The van der Waals surface area contributed by atoms with Crippen LogP contribution in [0.1, 0.15) is 59.3 Å². The lowest BCUT2D eigenvalue weighted by Crippen LogP contribution is -2.39. The van der Waals surface area contributed by atoms with Crippen molar-refractivity contribution >= 4 is 0 Å². The quantitative estimate of drug-likeness (QED) is 0.564. The van der Waals surface area contributed by atoms with Gasteiger partial charge in [0, 0.05) is 12.6 Å². The van der Waals surface area contributed by atoms with Crippen molar-refractivity contribution in [1.82, 2.24) is 5.32 Å². The van der Waals surface area contributed by atoms with Gasteiger partial charge in [-0.2, -0.15) is 0 Å². The zero-order chi connectivity index (χ0) is 11.5. The van der Waals surface area contributed by atoms with E-state index in [-0.39, 0.29) is 0 Å². The van der Waals surface area contributed by atoms with E-state index in [2.05, 4.69) is 33.1 Å². The fraction of sp³-hybridized carbons (Fsp3) is 1.00. The summed E-state index contributed by atoms with van der Waals surface area (Å²) in [5, 5.41) is 3.41. The summed E-state index contributed by atoms with van der Waals surface area (Å²) in [6.45, 7) is 7.39. The molecule has 1 N–H and O–H groups in total. The molecular formula is C13H29NO. The first kappa shape index (κ1) is 14.9. The summed E-state index contributed by atoms with van der Waals surface area (Å²) >= 11 is 0. The molecule has 0 bridgehead atoms. The Morgan fingerprint density at radius 3 is 2.20 bits per heavy atom. The molecule has 2 heteroatoms. The van der Waals surface area contributed by atoms with Crippen LogP contribution in [-0.2, 0) is 4.74 Å². The zero-order valence-corrected chi connectivity index (χ0v) is 11.0. The highest BCUT2D eigenvalue weighted by Gasteiger charge is 2.18. The summed E-state index contributed by atoms with van der Waals surface area (Å²) < 4.78 is 5.80. The average Bonchev–Trinajstić information content (AvgIpc) is 2.24. The van der Waals surface area contributed by atoms with Crippen LogP contribution in [0.5, 0.6) is 0 Å². The van der Waals surface area contributed by atoms with Crippen molar-refractivity contribution in [2.75, 3.05) is 13.7 Å². The Labute approximate surface area is 95.8 Å². The lowest BCUT2D eigenvalue weighted by molar-refractivity contribution is 0.0272. The van der Waals surface area contributed by atoms with Crippen LogP contribution < -0.4 is 5.32 Å². The molecule has 92 valence electrons. The molecule has 0 rings (SSSR count). The highest BCUT2D eigenvalue weighted by Crippen LogP contribution is 2.13. The topological polar surface area (TPSA) is 21.3 Å². The van der Waals surface area contributed by atoms with E-state index in [0.29, 0.717) is 12.1 Å². The Balaban J connectivity index is 3.93. The third-order valence-electron chi connectivity index (χ3n) is 2.89. The predicted octanol–water partition coefficient (Wildman–Crippen LogP) is 3.36. The van der Waals surface area contributed by atoms with E-state index in [9.17, 15) is 0 Å². The molecule has 0 heterocycles. The molecule has 2 nitrogen and oxygen atoms in total. The van der Waals surface area contributed by atoms with Gasteiger partial charge in [0.2, 0.25) is 0 Å². The summed E-state index contributed by atoms with van der Waals surface area (Å²) in [4.78, 5) is 0. The van der Waals surface area contributed by atoms with Gasteiger partial charge in [-0.3, -0.25) is 0 Å². The van der Waals surface area contributed by atoms with E-state index in [0.717, 1.165) is 6.61 Å². The SMILES string of the molecule is CCCCCC(NC)C(CCC)OCC. The molecule has 0 fully saturated rings. The summed E-state index contributed by atoms with van der Waals surface area (Å²) in [5.41, 5.74) is 0. The summed E-state index contributed by atoms with van der Waals surface area (Å²) in [6, 6.07) is 0.538. The summed E-state index contributed by atoms with van der Waals surface area (Å²) in [5.74, 6) is 0. The molecule has 2 unspecified atom stereocenters. The highest BCUT2D eigenvalue weighted by atomic mass is 16.5. The first-order chi connectivity index (χ1) is 7.29. The Morgan fingerprint density at radius 2 is 1.73 bits per heavy atom. The second-order valence-corrected chi connectivity index (χ2v) is 4.17. The van der Waals surface area contributed by atoms with E-state index in [1.54, 1.807) is 0 Å². The van der Waals surface area contributed by atoms with Gasteiger partial charge in [-0.1, -0.05) is 39.5 Å². The minimum absolute atomic E-state index is 0.404. The number of nitrogens with one attached hydrogen (secondary N) is 1. The number of ether oxygens (including phenoxy) is 1. The molecule has 2 atom stereocenters. The lowest BCUT2D eigenvalue weighted by Gasteiger charge is -2.26. The van der Waals surface area contributed by atoms with E-state index in [1.807, 2.05) is 0 Å². The van der Waals surface area contributed by atoms with Crippen molar-refractivity contribution in [1.29, 1.82) is 0 Å². The first-order valence-corrected chi connectivity index (χ1v) is 6.58. The third-order valence-corrected chi connectivity index (χ3v) is 2.89. The van der Waals surface area contributed by atoms with Crippen molar-refractivity contribution < 1.29 is 4.74 Å². The molecule has 0 aromatic heterocycles. The number of unbranched alkanes of at least 4 members (excludes halogenated alkanes) is 2. The minimum atomic E-state index is 0.404. The van der Waals surface area contributed by atoms with Gasteiger partial charge in [-0.05, 0) is 26.8 Å². The maximum Gasteiger partial charge on any atom is 0.0727 e. The molecule has 0 amide bonds. The van der Waals surface area contributed by atoms with Crippen LogP contribution in [0, 0.1) is 0 Å². The van der Waals surface area contributed by atoms with E-state index >= 15 is 0 Å². The molecule has 0 aliphatic carbocycles. The van der Waals surface area contributed by atoms with Gasteiger partial charge in [0.1, 0.15) is 0 Å². The molecule has 0 radical (unpaired) electrons. The van der Waals surface area contributed by atoms with E-state index in [1.165, 1.54) is 38.5 Å². The normalized spacial score (nSPS) is 15.2. The monoisotopic (exact) mass is 215 g/mol. The smallest absolute Gasteiger partial charge is 0.0727 e. The van der Waals surface area contributed by atoms with Gasteiger partial charge >= 0.3 is 0 Å². The van der Waals surface area contributed by atoms with Crippen molar-refractivity contribution in [2.45, 2.75) is 71.4 Å². The van der Waals surface area contributed by atoms with Crippen LogP contribution in [0.2, 0.25) is 0 Å². The van der Waals surface area contributed by atoms with Crippen molar-refractivity contribution in [3.8, 4) is 0 Å². The number of rotatable bonds is 10. The van der Waals surface area contributed by atoms with Crippen LogP contribution in [0.15, 0.2) is 0 Å². The lowest BCUT2D eigenvalue weighted by atomic mass is 10.00. The Bertz CT molecular complexity index is 122. The third kappa shape index (κ3) is 6.91. The van der Waals surface area contributed by atoms with Crippen LogP contribution in [-0.4, -0.2) is 25.8 Å². The predicted molar refractivity (Wildman–Crippen MR) is 67.3 cm³/mol. The molecular weight excluding hydrogens is 186 g/mol. The van der Waals surface area contributed by atoms with Crippen LogP contribution in [0.3, 0.4) is 0 Å².